The third-order valence-electron chi connectivity index (χ3n) is 3.43. The molecule has 1 aliphatic carbocycles. The van der Waals surface area contributed by atoms with Gasteiger partial charge < -0.3 is 10.1 Å². The van der Waals surface area contributed by atoms with Gasteiger partial charge in [-0.2, -0.15) is 0 Å². The Morgan fingerprint density at radius 2 is 1.91 bits per heavy atom. The minimum absolute atomic E-state index is 0.194. The van der Waals surface area contributed by atoms with Gasteiger partial charge in [0.05, 0.1) is 12.2 Å². The minimum Gasteiger partial charge on any atom is -0.450 e. The molecule has 22 heavy (non-hydrogen) atoms. The molecule has 0 saturated heterocycles. The molecule has 0 unspecified atom stereocenters. The highest BCUT2D eigenvalue weighted by atomic mass is 32.1. The van der Waals surface area contributed by atoms with E-state index in [4.69, 9.17) is 4.74 Å². The Morgan fingerprint density at radius 1 is 1.18 bits per heavy atom. The molecule has 2 rings (SSSR count). The Labute approximate surface area is 133 Å². The predicted octanol–water partition coefficient (Wildman–Crippen LogP) is 2.86. The van der Waals surface area contributed by atoms with Crippen LogP contribution in [-0.2, 0) is 22.4 Å². The summed E-state index contributed by atoms with van der Waals surface area (Å²) in [5.74, 6) is -0.747. The van der Waals surface area contributed by atoms with E-state index in [2.05, 4.69) is 10.6 Å². The zero-order chi connectivity index (χ0) is 16.1. The summed E-state index contributed by atoms with van der Waals surface area (Å²) in [6.45, 7) is 3.26. The second-order valence-corrected chi connectivity index (χ2v) is 6.23. The van der Waals surface area contributed by atoms with Crippen molar-refractivity contribution in [3.63, 3.8) is 0 Å². The van der Waals surface area contributed by atoms with Crippen molar-refractivity contribution in [1.82, 2.24) is 5.32 Å². The molecule has 7 heteroatoms. The van der Waals surface area contributed by atoms with Crippen LogP contribution in [0.5, 0.6) is 0 Å². The smallest absolute Gasteiger partial charge is 0.414 e. The van der Waals surface area contributed by atoms with Gasteiger partial charge in [0, 0.05) is 11.8 Å². The van der Waals surface area contributed by atoms with Crippen LogP contribution in [0.2, 0.25) is 0 Å². The van der Waals surface area contributed by atoms with Crippen LogP contribution in [0.3, 0.4) is 0 Å². The molecule has 0 radical (unpaired) electrons. The first kappa shape index (κ1) is 16.5. The van der Waals surface area contributed by atoms with Gasteiger partial charge in [-0.05, 0) is 38.2 Å². The number of carbonyl (C=O) groups is 3. The van der Waals surface area contributed by atoms with Crippen LogP contribution in [-0.4, -0.2) is 24.5 Å². The number of fused-ring (bicyclic) bond motifs is 1. The number of rotatable bonds is 3. The fourth-order valence-electron chi connectivity index (χ4n) is 2.55. The van der Waals surface area contributed by atoms with Crippen LogP contribution in [0.25, 0.3) is 0 Å². The first-order valence-corrected chi connectivity index (χ1v) is 8.24. The first-order chi connectivity index (χ1) is 10.5. The second-order valence-electron chi connectivity index (χ2n) is 5.12. The van der Waals surface area contributed by atoms with E-state index in [0.717, 1.165) is 42.5 Å². The largest absolute Gasteiger partial charge is 0.450 e. The average Bonchev–Trinajstić information content (AvgIpc) is 2.61. The number of hydrogen-bond acceptors (Lipinski definition) is 5. The van der Waals surface area contributed by atoms with E-state index in [1.807, 2.05) is 0 Å². The number of amides is 3. The van der Waals surface area contributed by atoms with Gasteiger partial charge >= 0.3 is 6.09 Å². The SMILES string of the molecule is CCOC(=O)NC(=O)c1c(NC(C)=O)sc2c1CCCCC2. The molecule has 0 aromatic carbocycles. The first-order valence-electron chi connectivity index (χ1n) is 7.43. The van der Waals surface area contributed by atoms with Crippen LogP contribution in [0.1, 0.15) is 53.9 Å². The summed E-state index contributed by atoms with van der Waals surface area (Å²) < 4.78 is 4.75. The maximum atomic E-state index is 12.4. The summed E-state index contributed by atoms with van der Waals surface area (Å²) in [4.78, 5) is 36.4. The average molecular weight is 324 g/mol. The third kappa shape index (κ3) is 3.85. The molecular weight excluding hydrogens is 304 g/mol. The lowest BCUT2D eigenvalue weighted by atomic mass is 10.0. The maximum absolute atomic E-state index is 12.4. The lowest BCUT2D eigenvalue weighted by Crippen LogP contribution is -2.32. The fraction of sp³-hybridized carbons (Fsp3) is 0.533. The zero-order valence-electron chi connectivity index (χ0n) is 12.8. The summed E-state index contributed by atoms with van der Waals surface area (Å²) in [5, 5.41) is 5.44. The number of thiophene rings is 1. The number of alkyl carbamates (subject to hydrolysis) is 1. The van der Waals surface area contributed by atoms with Crippen LogP contribution >= 0.6 is 11.3 Å². The van der Waals surface area contributed by atoms with Gasteiger partial charge in [-0.25, -0.2) is 4.79 Å². The Hall–Kier alpha value is -1.89. The summed E-state index contributed by atoms with van der Waals surface area (Å²) in [6.07, 6.45) is 4.12. The number of hydrogen-bond donors (Lipinski definition) is 2. The van der Waals surface area contributed by atoms with Gasteiger partial charge in [0.25, 0.3) is 5.91 Å². The van der Waals surface area contributed by atoms with E-state index in [9.17, 15) is 14.4 Å². The summed E-state index contributed by atoms with van der Waals surface area (Å²) in [5.41, 5.74) is 1.36. The molecule has 2 N–H and O–H groups in total. The van der Waals surface area contributed by atoms with Gasteiger partial charge in [0.15, 0.2) is 0 Å². The quantitative estimate of drug-likeness (QED) is 0.837. The number of aryl methyl sites for hydroxylation is 1. The Kier molecular flexibility index (Phi) is 5.54. The number of ether oxygens (including phenoxy) is 1. The molecular formula is C15H20N2O4S. The van der Waals surface area contributed by atoms with E-state index in [0.29, 0.717) is 10.6 Å². The van der Waals surface area contributed by atoms with Crippen molar-refractivity contribution in [3.8, 4) is 0 Å². The van der Waals surface area contributed by atoms with Crippen molar-refractivity contribution in [3.05, 3.63) is 16.0 Å². The summed E-state index contributed by atoms with van der Waals surface area (Å²) in [6, 6.07) is 0. The van der Waals surface area contributed by atoms with Crippen LogP contribution in [0.4, 0.5) is 9.80 Å². The minimum atomic E-state index is -0.769. The molecule has 1 aromatic rings. The van der Waals surface area contributed by atoms with Gasteiger partial charge in [0.1, 0.15) is 5.00 Å². The molecule has 120 valence electrons. The molecule has 6 nitrogen and oxygen atoms in total. The van der Waals surface area contributed by atoms with Crippen molar-refractivity contribution >= 4 is 34.2 Å². The van der Waals surface area contributed by atoms with E-state index < -0.39 is 12.0 Å². The zero-order valence-corrected chi connectivity index (χ0v) is 13.6. The van der Waals surface area contributed by atoms with Crippen molar-refractivity contribution in [1.29, 1.82) is 0 Å². The number of anilines is 1. The Bertz CT molecular complexity index is 595. The molecule has 1 heterocycles. The molecule has 1 aromatic heterocycles. The predicted molar refractivity (Wildman–Crippen MR) is 84.4 cm³/mol. The van der Waals surface area contributed by atoms with Crippen LogP contribution in [0.15, 0.2) is 0 Å². The highest BCUT2D eigenvalue weighted by Crippen LogP contribution is 2.37. The summed E-state index contributed by atoms with van der Waals surface area (Å²) in [7, 11) is 0. The standard InChI is InChI=1S/C15H20N2O4S/c1-3-21-15(20)17-13(19)12-10-7-5-4-6-8-11(10)22-14(12)16-9(2)18/h3-8H2,1-2H3,(H,16,18)(H,17,19,20). The summed E-state index contributed by atoms with van der Waals surface area (Å²) >= 11 is 1.43. The molecule has 0 saturated carbocycles. The van der Waals surface area contributed by atoms with Crippen LogP contribution < -0.4 is 10.6 Å². The molecule has 0 atom stereocenters. The fourth-order valence-corrected chi connectivity index (χ4v) is 3.89. The van der Waals surface area contributed by atoms with Gasteiger partial charge in [-0.1, -0.05) is 6.42 Å². The van der Waals surface area contributed by atoms with Gasteiger partial charge in [-0.15, -0.1) is 11.3 Å². The lowest BCUT2D eigenvalue weighted by Gasteiger charge is -2.08. The van der Waals surface area contributed by atoms with Crippen molar-refractivity contribution < 1.29 is 19.1 Å². The normalized spacial score (nSPS) is 13.7. The van der Waals surface area contributed by atoms with Gasteiger partial charge in [-0.3, -0.25) is 14.9 Å². The third-order valence-corrected chi connectivity index (χ3v) is 4.64. The molecule has 0 aliphatic heterocycles. The Balaban J connectivity index is 2.33. The highest BCUT2D eigenvalue weighted by molar-refractivity contribution is 7.17. The van der Waals surface area contributed by atoms with E-state index in [-0.39, 0.29) is 12.5 Å². The molecule has 0 fully saturated rings. The molecule has 3 amide bonds. The highest BCUT2D eigenvalue weighted by Gasteiger charge is 2.26. The van der Waals surface area contributed by atoms with Crippen molar-refractivity contribution in [2.75, 3.05) is 11.9 Å². The number of nitrogens with one attached hydrogen (secondary N) is 2. The van der Waals surface area contributed by atoms with E-state index >= 15 is 0 Å². The molecule has 1 aliphatic rings. The van der Waals surface area contributed by atoms with E-state index in [1.165, 1.54) is 18.3 Å². The molecule has 0 bridgehead atoms. The topological polar surface area (TPSA) is 84.5 Å². The molecule has 0 spiro atoms. The van der Waals surface area contributed by atoms with Crippen molar-refractivity contribution in [2.45, 2.75) is 46.0 Å². The van der Waals surface area contributed by atoms with E-state index in [1.54, 1.807) is 6.92 Å². The number of imide groups is 1. The monoisotopic (exact) mass is 324 g/mol. The number of carbonyl (C=O) groups excluding carboxylic acids is 3. The second kappa shape index (κ2) is 7.40. The Morgan fingerprint density at radius 3 is 2.59 bits per heavy atom. The van der Waals surface area contributed by atoms with Crippen LogP contribution in [0, 0.1) is 0 Å². The van der Waals surface area contributed by atoms with Crippen molar-refractivity contribution in [2.24, 2.45) is 0 Å². The maximum Gasteiger partial charge on any atom is 0.414 e. The van der Waals surface area contributed by atoms with Gasteiger partial charge in [0.2, 0.25) is 5.91 Å². The lowest BCUT2D eigenvalue weighted by molar-refractivity contribution is -0.114.